The van der Waals surface area contributed by atoms with Crippen molar-refractivity contribution in [3.8, 4) is 0 Å². The van der Waals surface area contributed by atoms with Crippen molar-refractivity contribution in [3.05, 3.63) is 12.2 Å². The van der Waals surface area contributed by atoms with Crippen LogP contribution in [0.4, 0.5) is 0 Å². The van der Waals surface area contributed by atoms with Gasteiger partial charge in [-0.25, -0.2) is 0 Å². The van der Waals surface area contributed by atoms with Gasteiger partial charge in [0.25, 0.3) is 10.1 Å². The first kappa shape index (κ1) is 43.0. The van der Waals surface area contributed by atoms with Gasteiger partial charge in [0.15, 0.2) is 0 Å². The summed E-state index contributed by atoms with van der Waals surface area (Å²) in [6.45, 7) is 4.48. The maximum absolute atomic E-state index is 12.5. The third kappa shape index (κ3) is 29.7. The number of allylic oxidation sites excluding steroid dienone is 1. The van der Waals surface area contributed by atoms with Crippen LogP contribution in [0, 0.1) is 0 Å². The van der Waals surface area contributed by atoms with Gasteiger partial charge in [-0.3, -0.25) is 9.35 Å². The van der Waals surface area contributed by atoms with E-state index in [4.69, 9.17) is 0 Å². The van der Waals surface area contributed by atoms with Crippen LogP contribution in [-0.4, -0.2) is 53.1 Å². The SMILES string of the molecule is CCCCCCCCCCC/C=C/C(O)C(CS(=O)(=O)O)NC(=O)C(O)CCCCCCCCCCCCCCCCCC. The lowest BCUT2D eigenvalue weighted by Crippen LogP contribution is -2.50. The third-order valence-corrected chi connectivity index (χ3v) is 9.35. The fourth-order valence-corrected chi connectivity index (χ4v) is 6.43. The minimum atomic E-state index is -4.43. The highest BCUT2D eigenvalue weighted by atomic mass is 32.2. The molecule has 0 saturated carbocycles. The van der Waals surface area contributed by atoms with Crippen LogP contribution in [0.25, 0.3) is 0 Å². The Morgan fingerprint density at radius 2 is 0.977 bits per heavy atom. The molecule has 1 amide bonds. The zero-order valence-corrected chi connectivity index (χ0v) is 29.5. The van der Waals surface area contributed by atoms with Gasteiger partial charge in [-0.15, -0.1) is 0 Å². The molecule has 0 aromatic heterocycles. The Balaban J connectivity index is 4.06. The zero-order chi connectivity index (χ0) is 32.7. The average molecular weight is 646 g/mol. The predicted octanol–water partition coefficient (Wildman–Crippen LogP) is 9.21. The van der Waals surface area contributed by atoms with Gasteiger partial charge in [-0.2, -0.15) is 8.42 Å². The Bertz CT molecular complexity index is 773. The van der Waals surface area contributed by atoms with Gasteiger partial charge >= 0.3 is 0 Å². The van der Waals surface area contributed by atoms with Crippen LogP contribution < -0.4 is 5.32 Å². The van der Waals surface area contributed by atoms with Crippen molar-refractivity contribution < 1.29 is 28.0 Å². The largest absolute Gasteiger partial charge is 0.387 e. The van der Waals surface area contributed by atoms with Crippen LogP contribution in [0.5, 0.6) is 0 Å². The Morgan fingerprint density at radius 1 is 0.614 bits per heavy atom. The molecule has 0 aliphatic rings. The summed E-state index contributed by atoms with van der Waals surface area (Å²) in [6.07, 6.45) is 32.7. The van der Waals surface area contributed by atoms with Gasteiger partial charge in [-0.1, -0.05) is 180 Å². The molecule has 0 bridgehead atoms. The van der Waals surface area contributed by atoms with Gasteiger partial charge in [-0.05, 0) is 19.3 Å². The van der Waals surface area contributed by atoms with E-state index in [0.29, 0.717) is 6.42 Å². The van der Waals surface area contributed by atoms with E-state index in [0.717, 1.165) is 38.5 Å². The molecule has 3 atom stereocenters. The highest BCUT2D eigenvalue weighted by Crippen LogP contribution is 2.15. The molecule has 0 heterocycles. The van der Waals surface area contributed by atoms with E-state index in [9.17, 15) is 28.0 Å². The second kappa shape index (κ2) is 30.7. The molecule has 8 heteroatoms. The number of hydrogen-bond acceptors (Lipinski definition) is 5. The number of carbonyl (C=O) groups is 1. The lowest BCUT2D eigenvalue weighted by atomic mass is 10.0. The summed E-state index contributed by atoms with van der Waals surface area (Å²) in [5.41, 5.74) is 0. The molecule has 0 rings (SSSR count). The summed E-state index contributed by atoms with van der Waals surface area (Å²) < 4.78 is 32.3. The summed E-state index contributed by atoms with van der Waals surface area (Å²) in [4.78, 5) is 12.5. The van der Waals surface area contributed by atoms with Crippen molar-refractivity contribution in [3.63, 3.8) is 0 Å². The fraction of sp³-hybridized carbons (Fsp3) is 0.917. The monoisotopic (exact) mass is 646 g/mol. The van der Waals surface area contributed by atoms with Crippen molar-refractivity contribution in [1.82, 2.24) is 5.32 Å². The molecule has 0 fully saturated rings. The minimum absolute atomic E-state index is 0.285. The van der Waals surface area contributed by atoms with E-state index in [1.165, 1.54) is 128 Å². The van der Waals surface area contributed by atoms with Crippen molar-refractivity contribution >= 4 is 16.0 Å². The molecule has 7 nitrogen and oxygen atoms in total. The summed E-state index contributed by atoms with van der Waals surface area (Å²) in [5.74, 6) is -1.53. The molecule has 0 aliphatic carbocycles. The smallest absolute Gasteiger partial charge is 0.267 e. The van der Waals surface area contributed by atoms with E-state index in [2.05, 4.69) is 19.2 Å². The molecular weight excluding hydrogens is 574 g/mol. The predicted molar refractivity (Wildman–Crippen MR) is 186 cm³/mol. The number of aliphatic hydroxyl groups excluding tert-OH is 2. The lowest BCUT2D eigenvalue weighted by Gasteiger charge is -2.22. The normalized spacial score (nSPS) is 14.2. The molecular formula is C36H71NO6S. The second-order valence-corrected chi connectivity index (χ2v) is 14.5. The Labute approximate surface area is 272 Å². The summed E-state index contributed by atoms with van der Waals surface area (Å²) >= 11 is 0. The zero-order valence-electron chi connectivity index (χ0n) is 28.7. The van der Waals surface area contributed by atoms with Crippen LogP contribution in [-0.2, 0) is 14.9 Å². The van der Waals surface area contributed by atoms with Crippen LogP contribution in [0.15, 0.2) is 12.2 Å². The van der Waals surface area contributed by atoms with E-state index >= 15 is 0 Å². The van der Waals surface area contributed by atoms with Crippen molar-refractivity contribution in [2.75, 3.05) is 5.75 Å². The molecule has 0 spiro atoms. The molecule has 0 aromatic carbocycles. The fourth-order valence-electron chi connectivity index (χ4n) is 5.69. The van der Waals surface area contributed by atoms with Crippen molar-refractivity contribution in [2.24, 2.45) is 0 Å². The van der Waals surface area contributed by atoms with Crippen LogP contribution in [0.3, 0.4) is 0 Å². The maximum atomic E-state index is 12.5. The average Bonchev–Trinajstić information content (AvgIpc) is 2.98. The second-order valence-electron chi connectivity index (χ2n) is 13.0. The number of hydrogen-bond donors (Lipinski definition) is 4. The Morgan fingerprint density at radius 3 is 1.36 bits per heavy atom. The number of nitrogens with one attached hydrogen (secondary N) is 1. The molecule has 262 valence electrons. The molecule has 0 radical (unpaired) electrons. The number of unbranched alkanes of at least 4 members (excludes halogenated alkanes) is 24. The number of aliphatic hydroxyl groups is 2. The molecule has 0 saturated heterocycles. The van der Waals surface area contributed by atoms with E-state index in [1.807, 2.05) is 0 Å². The molecule has 44 heavy (non-hydrogen) atoms. The first-order valence-corrected chi connectivity index (χ1v) is 20.1. The van der Waals surface area contributed by atoms with E-state index in [-0.39, 0.29) is 6.42 Å². The topological polar surface area (TPSA) is 124 Å². The maximum Gasteiger partial charge on any atom is 0.267 e. The first-order chi connectivity index (χ1) is 21.2. The molecule has 0 aromatic rings. The van der Waals surface area contributed by atoms with Gasteiger partial charge < -0.3 is 15.5 Å². The summed E-state index contributed by atoms with van der Waals surface area (Å²) in [5, 5.41) is 23.3. The molecule has 0 aliphatic heterocycles. The summed E-state index contributed by atoms with van der Waals surface area (Å²) in [7, 11) is -4.43. The van der Waals surface area contributed by atoms with E-state index < -0.39 is 40.0 Å². The van der Waals surface area contributed by atoms with Gasteiger partial charge in [0.05, 0.1) is 17.9 Å². The Hall–Kier alpha value is -0.960. The van der Waals surface area contributed by atoms with E-state index in [1.54, 1.807) is 6.08 Å². The summed E-state index contributed by atoms with van der Waals surface area (Å²) in [6, 6.07) is -1.22. The minimum Gasteiger partial charge on any atom is -0.387 e. The van der Waals surface area contributed by atoms with Crippen LogP contribution in [0.2, 0.25) is 0 Å². The van der Waals surface area contributed by atoms with Crippen molar-refractivity contribution in [2.45, 2.75) is 205 Å². The molecule has 3 unspecified atom stereocenters. The van der Waals surface area contributed by atoms with Crippen LogP contribution in [0.1, 0.15) is 187 Å². The third-order valence-electron chi connectivity index (χ3n) is 8.57. The number of amides is 1. The van der Waals surface area contributed by atoms with Gasteiger partial charge in [0, 0.05) is 0 Å². The highest BCUT2D eigenvalue weighted by Gasteiger charge is 2.27. The number of carbonyl (C=O) groups excluding carboxylic acids is 1. The standard InChI is InChI=1S/C36H71NO6S/c1-3-5-7-9-11-13-15-16-17-18-19-21-23-25-27-29-31-35(39)36(40)37-33(32-44(41,42)43)34(38)30-28-26-24-22-20-14-12-10-8-6-4-2/h28,30,33-35,38-39H,3-27,29,31-32H2,1-2H3,(H,37,40)(H,41,42,43)/b30-28+. The van der Waals surface area contributed by atoms with Gasteiger partial charge in [0.1, 0.15) is 6.10 Å². The quantitative estimate of drug-likeness (QED) is 0.0320. The van der Waals surface area contributed by atoms with Crippen LogP contribution >= 0.6 is 0 Å². The number of rotatable bonds is 33. The Kier molecular flexibility index (Phi) is 30.0. The highest BCUT2D eigenvalue weighted by molar-refractivity contribution is 7.85. The van der Waals surface area contributed by atoms with Gasteiger partial charge in [0.2, 0.25) is 5.91 Å². The first-order valence-electron chi connectivity index (χ1n) is 18.5. The molecule has 4 N–H and O–H groups in total. The lowest BCUT2D eigenvalue weighted by molar-refractivity contribution is -0.130. The van der Waals surface area contributed by atoms with Crippen molar-refractivity contribution in [1.29, 1.82) is 0 Å².